The Morgan fingerprint density at radius 3 is 2.79 bits per heavy atom. The first-order chi connectivity index (χ1) is 9.02. The topological polar surface area (TPSA) is 55.1 Å². The Balaban J connectivity index is 2.50. The van der Waals surface area contributed by atoms with Crippen LogP contribution in [0.4, 0.5) is 0 Å². The second-order valence-electron chi connectivity index (χ2n) is 4.95. The Bertz CT molecular complexity index is 407. The van der Waals surface area contributed by atoms with Crippen molar-refractivity contribution in [1.29, 1.82) is 0 Å². The van der Waals surface area contributed by atoms with Gasteiger partial charge < -0.3 is 11.1 Å². The summed E-state index contributed by atoms with van der Waals surface area (Å²) in [5, 5.41) is 3.74. The number of halogens is 1. The highest BCUT2D eigenvalue weighted by Crippen LogP contribution is 2.20. The van der Waals surface area contributed by atoms with E-state index < -0.39 is 0 Å². The molecule has 1 amide bonds. The Kier molecular flexibility index (Phi) is 6.89. The minimum atomic E-state index is 0.0292. The van der Waals surface area contributed by atoms with Crippen LogP contribution in [0.5, 0.6) is 0 Å². The SMILES string of the molecule is CCC(NC(=O)CCCC(C)N)c1cccc(Cl)c1. The predicted molar refractivity (Wildman–Crippen MR) is 80.1 cm³/mol. The van der Waals surface area contributed by atoms with Crippen LogP contribution in [0, 0.1) is 0 Å². The monoisotopic (exact) mass is 282 g/mol. The lowest BCUT2D eigenvalue weighted by Crippen LogP contribution is -2.28. The van der Waals surface area contributed by atoms with Crippen LogP contribution in [0.2, 0.25) is 5.02 Å². The van der Waals surface area contributed by atoms with Crippen molar-refractivity contribution in [3.8, 4) is 0 Å². The van der Waals surface area contributed by atoms with Crippen LogP contribution >= 0.6 is 11.6 Å². The molecule has 0 fully saturated rings. The van der Waals surface area contributed by atoms with E-state index in [9.17, 15) is 4.79 Å². The molecule has 0 aromatic heterocycles. The third-order valence-electron chi connectivity index (χ3n) is 3.06. The molecule has 3 N–H and O–H groups in total. The zero-order valence-corrected chi connectivity index (χ0v) is 12.4. The van der Waals surface area contributed by atoms with Gasteiger partial charge in [0.05, 0.1) is 6.04 Å². The van der Waals surface area contributed by atoms with Gasteiger partial charge in [-0.2, -0.15) is 0 Å². The second-order valence-corrected chi connectivity index (χ2v) is 5.39. The summed E-state index contributed by atoms with van der Waals surface area (Å²) >= 11 is 5.97. The number of benzene rings is 1. The largest absolute Gasteiger partial charge is 0.349 e. The summed E-state index contributed by atoms with van der Waals surface area (Å²) in [6.45, 7) is 4.01. The summed E-state index contributed by atoms with van der Waals surface area (Å²) in [6.07, 6.45) is 3.08. The summed E-state index contributed by atoms with van der Waals surface area (Å²) in [6, 6.07) is 7.81. The molecule has 0 saturated heterocycles. The average Bonchev–Trinajstić information content (AvgIpc) is 2.35. The highest BCUT2D eigenvalue weighted by atomic mass is 35.5. The molecule has 1 aromatic rings. The van der Waals surface area contributed by atoms with Gasteiger partial charge in [0.1, 0.15) is 0 Å². The van der Waals surface area contributed by atoms with Gasteiger partial charge in [-0.1, -0.05) is 30.7 Å². The quantitative estimate of drug-likeness (QED) is 0.805. The van der Waals surface area contributed by atoms with E-state index in [1.54, 1.807) is 0 Å². The van der Waals surface area contributed by atoms with Gasteiger partial charge in [-0.25, -0.2) is 0 Å². The van der Waals surface area contributed by atoms with E-state index in [1.165, 1.54) is 0 Å². The minimum Gasteiger partial charge on any atom is -0.349 e. The Hall–Kier alpha value is -1.06. The summed E-state index contributed by atoms with van der Waals surface area (Å²) in [4.78, 5) is 11.9. The van der Waals surface area contributed by atoms with Crippen molar-refractivity contribution in [2.24, 2.45) is 5.73 Å². The van der Waals surface area contributed by atoms with Gasteiger partial charge in [-0.15, -0.1) is 0 Å². The molecule has 2 atom stereocenters. The molecule has 0 radical (unpaired) electrons. The molecule has 0 heterocycles. The Morgan fingerprint density at radius 1 is 1.47 bits per heavy atom. The second kappa shape index (κ2) is 8.18. The van der Waals surface area contributed by atoms with Crippen LogP contribution in [0.25, 0.3) is 0 Å². The first kappa shape index (κ1) is 16.0. The summed E-state index contributed by atoms with van der Waals surface area (Å²) in [5.74, 6) is 0.0764. The van der Waals surface area contributed by atoms with Crippen LogP contribution < -0.4 is 11.1 Å². The van der Waals surface area contributed by atoms with Crippen molar-refractivity contribution in [3.63, 3.8) is 0 Å². The molecular formula is C15H23ClN2O. The molecule has 3 nitrogen and oxygen atoms in total. The fraction of sp³-hybridized carbons (Fsp3) is 0.533. The molecule has 0 aliphatic heterocycles. The van der Waals surface area contributed by atoms with E-state index in [4.69, 9.17) is 17.3 Å². The van der Waals surface area contributed by atoms with Crippen molar-refractivity contribution < 1.29 is 4.79 Å². The summed E-state index contributed by atoms with van der Waals surface area (Å²) in [5.41, 5.74) is 6.72. The molecule has 4 heteroatoms. The van der Waals surface area contributed by atoms with Crippen molar-refractivity contribution in [2.45, 2.75) is 51.6 Å². The van der Waals surface area contributed by atoms with Gasteiger partial charge in [-0.05, 0) is 43.9 Å². The van der Waals surface area contributed by atoms with E-state index in [0.717, 1.165) is 24.8 Å². The van der Waals surface area contributed by atoms with Crippen molar-refractivity contribution in [1.82, 2.24) is 5.32 Å². The minimum absolute atomic E-state index is 0.0292. The lowest BCUT2D eigenvalue weighted by Gasteiger charge is -2.18. The van der Waals surface area contributed by atoms with Crippen molar-refractivity contribution in [2.75, 3.05) is 0 Å². The number of amides is 1. The number of nitrogens with one attached hydrogen (secondary N) is 1. The van der Waals surface area contributed by atoms with Crippen LogP contribution in [0.15, 0.2) is 24.3 Å². The normalized spacial score (nSPS) is 13.9. The zero-order valence-electron chi connectivity index (χ0n) is 11.7. The average molecular weight is 283 g/mol. The van der Waals surface area contributed by atoms with Gasteiger partial charge in [0.25, 0.3) is 0 Å². The fourth-order valence-electron chi connectivity index (χ4n) is 2.00. The molecule has 0 aliphatic rings. The maximum absolute atomic E-state index is 11.9. The molecule has 106 valence electrons. The molecule has 0 spiro atoms. The van der Waals surface area contributed by atoms with Crippen LogP contribution in [0.1, 0.15) is 51.1 Å². The molecular weight excluding hydrogens is 260 g/mol. The lowest BCUT2D eigenvalue weighted by molar-refractivity contribution is -0.122. The van der Waals surface area contributed by atoms with Gasteiger partial charge in [0, 0.05) is 17.5 Å². The van der Waals surface area contributed by atoms with E-state index >= 15 is 0 Å². The van der Waals surface area contributed by atoms with Gasteiger partial charge in [0.15, 0.2) is 0 Å². The highest BCUT2D eigenvalue weighted by molar-refractivity contribution is 6.30. The molecule has 2 unspecified atom stereocenters. The van der Waals surface area contributed by atoms with E-state index in [2.05, 4.69) is 5.32 Å². The van der Waals surface area contributed by atoms with Crippen LogP contribution in [-0.2, 0) is 4.79 Å². The summed E-state index contributed by atoms with van der Waals surface area (Å²) < 4.78 is 0. The fourth-order valence-corrected chi connectivity index (χ4v) is 2.19. The first-order valence-electron chi connectivity index (χ1n) is 6.83. The van der Waals surface area contributed by atoms with E-state index in [0.29, 0.717) is 11.4 Å². The maximum Gasteiger partial charge on any atom is 0.220 e. The predicted octanol–water partition coefficient (Wildman–Crippen LogP) is 3.42. The van der Waals surface area contributed by atoms with E-state index in [-0.39, 0.29) is 18.0 Å². The van der Waals surface area contributed by atoms with Gasteiger partial charge in [0.2, 0.25) is 5.91 Å². The third kappa shape index (κ3) is 6.08. The molecule has 0 saturated carbocycles. The van der Waals surface area contributed by atoms with Crippen molar-refractivity contribution >= 4 is 17.5 Å². The highest BCUT2D eigenvalue weighted by Gasteiger charge is 2.12. The van der Waals surface area contributed by atoms with E-state index in [1.807, 2.05) is 38.1 Å². The number of hydrogen-bond donors (Lipinski definition) is 2. The molecule has 0 aliphatic carbocycles. The molecule has 19 heavy (non-hydrogen) atoms. The summed E-state index contributed by atoms with van der Waals surface area (Å²) in [7, 11) is 0. The number of carbonyl (C=O) groups is 1. The zero-order chi connectivity index (χ0) is 14.3. The molecule has 1 aromatic carbocycles. The number of carbonyl (C=O) groups excluding carboxylic acids is 1. The van der Waals surface area contributed by atoms with Crippen LogP contribution in [0.3, 0.4) is 0 Å². The smallest absolute Gasteiger partial charge is 0.220 e. The van der Waals surface area contributed by atoms with Crippen molar-refractivity contribution in [3.05, 3.63) is 34.9 Å². The standard InChI is InChI=1S/C15H23ClN2O/c1-3-14(12-7-5-8-13(16)10-12)18-15(19)9-4-6-11(2)17/h5,7-8,10-11,14H,3-4,6,9,17H2,1-2H3,(H,18,19). The number of hydrogen-bond acceptors (Lipinski definition) is 2. The first-order valence-corrected chi connectivity index (χ1v) is 7.21. The third-order valence-corrected chi connectivity index (χ3v) is 3.29. The van der Waals surface area contributed by atoms with Gasteiger partial charge in [-0.3, -0.25) is 4.79 Å². The number of nitrogens with two attached hydrogens (primary N) is 1. The Labute approximate surface area is 120 Å². The maximum atomic E-state index is 11.9. The lowest BCUT2D eigenvalue weighted by atomic mass is 10.0. The number of rotatable bonds is 7. The van der Waals surface area contributed by atoms with Crippen LogP contribution in [-0.4, -0.2) is 11.9 Å². The molecule has 1 rings (SSSR count). The van der Waals surface area contributed by atoms with Gasteiger partial charge >= 0.3 is 0 Å². The Morgan fingerprint density at radius 2 is 2.21 bits per heavy atom. The molecule has 0 bridgehead atoms.